The fourth-order valence-corrected chi connectivity index (χ4v) is 5.57. The summed E-state index contributed by atoms with van der Waals surface area (Å²) in [7, 11) is 0. The second-order valence-corrected chi connectivity index (χ2v) is 12.4. The number of rotatable bonds is 10. The normalized spacial score (nSPS) is 11.4. The van der Waals surface area contributed by atoms with Gasteiger partial charge in [-0.1, -0.05) is 97.9 Å². The van der Waals surface area contributed by atoms with Gasteiger partial charge >= 0.3 is 5.97 Å². The number of carbonyl (C=O) groups is 3. The molecule has 3 aromatic carbocycles. The van der Waals surface area contributed by atoms with Gasteiger partial charge < -0.3 is 10.1 Å². The van der Waals surface area contributed by atoms with Gasteiger partial charge in [0.05, 0.1) is 29.1 Å². The van der Waals surface area contributed by atoms with Gasteiger partial charge in [0.2, 0.25) is 5.91 Å². The molecule has 6 nitrogen and oxygen atoms in total. The fraction of sp³-hybridized carbons (Fsp3) is 0.432. The summed E-state index contributed by atoms with van der Waals surface area (Å²) in [6, 6.07) is 15.6. The van der Waals surface area contributed by atoms with Gasteiger partial charge in [-0.05, 0) is 71.4 Å². The van der Waals surface area contributed by atoms with Gasteiger partial charge in [-0.25, -0.2) is 9.69 Å². The maximum atomic E-state index is 14.6. The van der Waals surface area contributed by atoms with Crippen LogP contribution in [0.25, 0.3) is 0 Å². The van der Waals surface area contributed by atoms with Gasteiger partial charge in [0, 0.05) is 12.6 Å². The molecule has 0 aliphatic carbocycles. The fourth-order valence-electron chi connectivity index (χ4n) is 5.57. The molecule has 2 amide bonds. The van der Waals surface area contributed by atoms with E-state index in [0.717, 1.165) is 33.5 Å². The second kappa shape index (κ2) is 14.0. The maximum absolute atomic E-state index is 14.6. The standard InChI is InChI=1S/C37H48N2O4/c1-12-43-37(42)32-31(36(41)39(26(11)40)35-29(23(6)7)17-14-18-30(35)24(8)9)20-19-25(10)33(32)38-34-27(21(2)3)15-13-16-28(34)22(4)5/h13-24,38H,12H2,1-11H3. The quantitative estimate of drug-likeness (QED) is 0.240. The highest BCUT2D eigenvalue weighted by atomic mass is 16.5. The maximum Gasteiger partial charge on any atom is 0.341 e. The van der Waals surface area contributed by atoms with E-state index in [4.69, 9.17) is 4.74 Å². The summed E-state index contributed by atoms with van der Waals surface area (Å²) in [6.45, 7) is 21.9. The first-order valence-corrected chi connectivity index (χ1v) is 15.4. The number of nitrogens with zero attached hydrogens (tertiary/aromatic N) is 1. The molecule has 43 heavy (non-hydrogen) atoms. The number of esters is 1. The van der Waals surface area contributed by atoms with Crippen molar-refractivity contribution in [2.45, 2.75) is 99.8 Å². The van der Waals surface area contributed by atoms with Crippen LogP contribution < -0.4 is 10.2 Å². The highest BCUT2D eigenvalue weighted by molar-refractivity contribution is 6.24. The smallest absolute Gasteiger partial charge is 0.341 e. The van der Waals surface area contributed by atoms with E-state index in [0.29, 0.717) is 11.4 Å². The third kappa shape index (κ3) is 7.01. The number of para-hydroxylation sites is 2. The Balaban J connectivity index is 2.37. The molecule has 3 aromatic rings. The van der Waals surface area contributed by atoms with Crippen LogP contribution in [0.1, 0.15) is 141 Å². The third-order valence-electron chi connectivity index (χ3n) is 7.83. The Kier molecular flexibility index (Phi) is 11.0. The molecule has 0 fully saturated rings. The third-order valence-corrected chi connectivity index (χ3v) is 7.83. The van der Waals surface area contributed by atoms with Crippen LogP contribution in [0.3, 0.4) is 0 Å². The van der Waals surface area contributed by atoms with Gasteiger partial charge in [0.15, 0.2) is 0 Å². The van der Waals surface area contributed by atoms with Crippen molar-refractivity contribution in [1.82, 2.24) is 0 Å². The molecule has 0 aliphatic heterocycles. The SMILES string of the molecule is CCOC(=O)c1c(C(=O)N(C(C)=O)c2c(C(C)C)cccc2C(C)C)ccc(C)c1Nc1c(C(C)C)cccc1C(C)C. The number of anilines is 3. The number of hydrogen-bond acceptors (Lipinski definition) is 5. The minimum atomic E-state index is -0.616. The molecule has 0 aromatic heterocycles. The lowest BCUT2D eigenvalue weighted by Crippen LogP contribution is -2.38. The summed E-state index contributed by atoms with van der Waals surface area (Å²) < 4.78 is 5.54. The molecule has 0 saturated heterocycles. The van der Waals surface area contributed by atoms with E-state index in [2.05, 4.69) is 51.2 Å². The van der Waals surface area contributed by atoms with Crippen LogP contribution in [-0.2, 0) is 9.53 Å². The van der Waals surface area contributed by atoms with E-state index >= 15 is 0 Å². The first-order valence-electron chi connectivity index (χ1n) is 15.4. The zero-order valence-electron chi connectivity index (χ0n) is 27.7. The Morgan fingerprint density at radius 3 is 1.60 bits per heavy atom. The molecule has 6 heteroatoms. The van der Waals surface area contributed by atoms with Crippen LogP contribution in [0.2, 0.25) is 0 Å². The molecule has 0 heterocycles. The molecule has 1 N–H and O–H groups in total. The molecule has 0 saturated carbocycles. The van der Waals surface area contributed by atoms with Crippen molar-refractivity contribution in [2.24, 2.45) is 0 Å². The summed E-state index contributed by atoms with van der Waals surface area (Å²) in [5, 5.41) is 3.59. The van der Waals surface area contributed by atoms with Crippen molar-refractivity contribution in [1.29, 1.82) is 0 Å². The van der Waals surface area contributed by atoms with Crippen molar-refractivity contribution in [3.8, 4) is 0 Å². The molecule has 0 spiro atoms. The summed E-state index contributed by atoms with van der Waals surface area (Å²) in [5.74, 6) is -1.04. The molecule has 0 bridgehead atoms. The van der Waals surface area contributed by atoms with Gasteiger partial charge in [-0.15, -0.1) is 0 Å². The topological polar surface area (TPSA) is 75.7 Å². The average Bonchev–Trinajstić information content (AvgIpc) is 2.93. The highest BCUT2D eigenvalue weighted by Crippen LogP contribution is 2.40. The molecule has 0 unspecified atom stereocenters. The van der Waals surface area contributed by atoms with Crippen LogP contribution in [0, 0.1) is 6.92 Å². The van der Waals surface area contributed by atoms with E-state index in [1.165, 1.54) is 11.8 Å². The zero-order valence-corrected chi connectivity index (χ0v) is 27.7. The van der Waals surface area contributed by atoms with E-state index < -0.39 is 17.8 Å². The number of carbonyl (C=O) groups excluding carboxylic acids is 3. The molecule has 230 valence electrons. The predicted octanol–water partition coefficient (Wildman–Crippen LogP) is 9.60. The van der Waals surface area contributed by atoms with Crippen LogP contribution in [-0.4, -0.2) is 24.4 Å². The Hall–Kier alpha value is -3.93. The van der Waals surface area contributed by atoms with Gasteiger partial charge in [0.25, 0.3) is 5.91 Å². The molecule has 0 aliphatic rings. The van der Waals surface area contributed by atoms with Crippen molar-refractivity contribution in [3.05, 3.63) is 87.5 Å². The summed E-state index contributed by atoms with van der Waals surface area (Å²) in [4.78, 5) is 42.9. The van der Waals surface area contributed by atoms with Crippen molar-refractivity contribution in [2.75, 3.05) is 16.8 Å². The lowest BCUT2D eigenvalue weighted by molar-refractivity contribution is -0.116. The Labute approximate surface area is 257 Å². The minimum Gasteiger partial charge on any atom is -0.462 e. The van der Waals surface area contributed by atoms with Crippen molar-refractivity contribution in [3.63, 3.8) is 0 Å². The van der Waals surface area contributed by atoms with E-state index in [9.17, 15) is 14.4 Å². The van der Waals surface area contributed by atoms with Crippen molar-refractivity contribution >= 4 is 34.8 Å². The first kappa shape index (κ1) is 33.6. The van der Waals surface area contributed by atoms with E-state index in [1.54, 1.807) is 13.0 Å². The monoisotopic (exact) mass is 584 g/mol. The van der Waals surface area contributed by atoms with Crippen LogP contribution in [0.4, 0.5) is 17.1 Å². The second-order valence-electron chi connectivity index (χ2n) is 12.4. The zero-order chi connectivity index (χ0) is 32.2. The van der Waals surface area contributed by atoms with Gasteiger partial charge in [0.1, 0.15) is 0 Å². The summed E-state index contributed by atoms with van der Waals surface area (Å²) in [5.41, 5.74) is 7.03. The number of amides is 2. The number of aryl methyl sites for hydroxylation is 1. The number of ether oxygens (including phenoxy) is 1. The number of nitrogens with one attached hydrogen (secondary N) is 1. The summed E-state index contributed by atoms with van der Waals surface area (Å²) in [6.07, 6.45) is 0. The predicted molar refractivity (Wildman–Crippen MR) is 177 cm³/mol. The Bertz CT molecular complexity index is 1450. The average molecular weight is 585 g/mol. The van der Waals surface area contributed by atoms with Gasteiger partial charge in [-0.2, -0.15) is 0 Å². The lowest BCUT2D eigenvalue weighted by atomic mass is 9.90. The van der Waals surface area contributed by atoms with Crippen LogP contribution in [0.5, 0.6) is 0 Å². The minimum absolute atomic E-state index is 0.0603. The molecular weight excluding hydrogens is 536 g/mol. The Morgan fingerprint density at radius 1 is 0.721 bits per heavy atom. The number of imide groups is 1. The van der Waals surface area contributed by atoms with Crippen molar-refractivity contribution < 1.29 is 19.1 Å². The van der Waals surface area contributed by atoms with Crippen LogP contribution >= 0.6 is 0 Å². The molecule has 0 radical (unpaired) electrons. The van der Waals surface area contributed by atoms with Crippen LogP contribution in [0.15, 0.2) is 48.5 Å². The Morgan fingerprint density at radius 2 is 1.19 bits per heavy atom. The number of hydrogen-bond donors (Lipinski definition) is 1. The molecular formula is C37H48N2O4. The summed E-state index contributed by atoms with van der Waals surface area (Å²) >= 11 is 0. The lowest BCUT2D eigenvalue weighted by Gasteiger charge is -2.29. The van der Waals surface area contributed by atoms with E-state index in [1.807, 2.05) is 58.9 Å². The first-order chi connectivity index (χ1) is 20.2. The molecule has 3 rings (SSSR count). The molecule has 0 atom stereocenters. The number of benzene rings is 3. The van der Waals surface area contributed by atoms with E-state index in [-0.39, 0.29) is 41.4 Å². The highest BCUT2D eigenvalue weighted by Gasteiger charge is 2.33. The largest absolute Gasteiger partial charge is 0.462 e. The van der Waals surface area contributed by atoms with Gasteiger partial charge in [-0.3, -0.25) is 9.59 Å².